The van der Waals surface area contributed by atoms with E-state index in [4.69, 9.17) is 11.6 Å². The van der Waals surface area contributed by atoms with Crippen molar-refractivity contribution in [3.63, 3.8) is 0 Å². The topological polar surface area (TPSA) is 12.0 Å². The van der Waals surface area contributed by atoms with E-state index in [2.05, 4.69) is 49.5 Å². The Morgan fingerprint density at radius 1 is 1.25 bits per heavy atom. The fourth-order valence-electron chi connectivity index (χ4n) is 3.10. The van der Waals surface area contributed by atoms with Gasteiger partial charge in [-0.1, -0.05) is 49.7 Å². The highest BCUT2D eigenvalue weighted by Gasteiger charge is 2.31. The largest absolute Gasteiger partial charge is 0.305 e. The maximum absolute atomic E-state index is 5.99. The lowest BCUT2D eigenvalue weighted by molar-refractivity contribution is 0.358. The minimum Gasteiger partial charge on any atom is -0.305 e. The van der Waals surface area contributed by atoms with Gasteiger partial charge in [0.25, 0.3) is 0 Å². The van der Waals surface area contributed by atoms with Crippen LogP contribution in [-0.2, 0) is 12.0 Å². The molecule has 1 aliphatic carbocycles. The fourth-order valence-corrected chi connectivity index (χ4v) is 4.13. The van der Waals surface area contributed by atoms with Crippen LogP contribution < -0.4 is 5.32 Å². The molecule has 3 heteroatoms. The van der Waals surface area contributed by atoms with E-state index in [1.54, 1.807) is 11.3 Å². The number of halogens is 1. The second kappa shape index (κ2) is 5.51. The van der Waals surface area contributed by atoms with Gasteiger partial charge in [0, 0.05) is 17.5 Å². The molecular formula is C17H20ClNS. The number of rotatable bonds is 3. The molecule has 0 saturated carbocycles. The lowest BCUT2D eigenvalue weighted by atomic mass is 9.71. The van der Waals surface area contributed by atoms with Crippen LogP contribution in [0.2, 0.25) is 4.34 Å². The van der Waals surface area contributed by atoms with Crippen molar-refractivity contribution in [2.45, 2.75) is 44.7 Å². The summed E-state index contributed by atoms with van der Waals surface area (Å²) in [6.07, 6.45) is 2.43. The number of thiophene rings is 1. The lowest BCUT2D eigenvalue weighted by Gasteiger charge is -2.37. The van der Waals surface area contributed by atoms with Crippen molar-refractivity contribution in [1.82, 2.24) is 5.32 Å². The molecule has 1 unspecified atom stereocenters. The van der Waals surface area contributed by atoms with Crippen LogP contribution in [0.3, 0.4) is 0 Å². The molecule has 3 rings (SSSR count). The van der Waals surface area contributed by atoms with Gasteiger partial charge in [-0.25, -0.2) is 0 Å². The predicted octanol–water partition coefficient (Wildman–Crippen LogP) is 5.30. The van der Waals surface area contributed by atoms with Gasteiger partial charge >= 0.3 is 0 Å². The van der Waals surface area contributed by atoms with Gasteiger partial charge in [0.05, 0.1) is 4.34 Å². The van der Waals surface area contributed by atoms with Crippen LogP contribution in [0.5, 0.6) is 0 Å². The first-order valence-electron chi connectivity index (χ1n) is 7.13. The van der Waals surface area contributed by atoms with Gasteiger partial charge in [0.2, 0.25) is 0 Å². The van der Waals surface area contributed by atoms with E-state index < -0.39 is 0 Å². The van der Waals surface area contributed by atoms with Gasteiger partial charge in [-0.3, -0.25) is 0 Å². The Bertz CT molecular complexity index is 603. The van der Waals surface area contributed by atoms with Crippen LogP contribution in [0.15, 0.2) is 36.4 Å². The van der Waals surface area contributed by atoms with Crippen molar-refractivity contribution in [1.29, 1.82) is 0 Å². The molecule has 1 aliphatic rings. The summed E-state index contributed by atoms with van der Waals surface area (Å²) in [5.41, 5.74) is 3.25. The number of nitrogens with one attached hydrogen (secondary N) is 1. The zero-order valence-corrected chi connectivity index (χ0v) is 13.5. The minimum absolute atomic E-state index is 0.293. The van der Waals surface area contributed by atoms with E-state index in [9.17, 15) is 0 Å². The average molecular weight is 306 g/mol. The molecule has 0 fully saturated rings. The SMILES string of the molecule is CC1(C)CCC(NCc2ccc(Cl)s2)c2ccccc21. The van der Waals surface area contributed by atoms with Crippen LogP contribution in [0, 0.1) is 0 Å². The summed E-state index contributed by atoms with van der Waals surface area (Å²) in [6.45, 7) is 5.60. The third-order valence-electron chi connectivity index (χ3n) is 4.27. The van der Waals surface area contributed by atoms with E-state index in [1.165, 1.54) is 28.8 Å². The smallest absolute Gasteiger partial charge is 0.0931 e. The predicted molar refractivity (Wildman–Crippen MR) is 87.6 cm³/mol. The molecular weight excluding hydrogens is 286 g/mol. The van der Waals surface area contributed by atoms with Gasteiger partial charge in [0.15, 0.2) is 0 Å². The zero-order chi connectivity index (χ0) is 14.2. The Kier molecular flexibility index (Phi) is 3.89. The van der Waals surface area contributed by atoms with Crippen molar-refractivity contribution in [2.24, 2.45) is 0 Å². The molecule has 0 spiro atoms. The van der Waals surface area contributed by atoms with Crippen LogP contribution in [0.1, 0.15) is 48.7 Å². The molecule has 0 aliphatic heterocycles. The number of benzene rings is 1. The van der Waals surface area contributed by atoms with Crippen molar-refractivity contribution in [2.75, 3.05) is 0 Å². The molecule has 1 nitrogen and oxygen atoms in total. The van der Waals surface area contributed by atoms with Crippen LogP contribution in [0.25, 0.3) is 0 Å². The van der Waals surface area contributed by atoms with E-state index in [-0.39, 0.29) is 0 Å². The highest BCUT2D eigenvalue weighted by molar-refractivity contribution is 7.16. The first kappa shape index (κ1) is 14.1. The molecule has 1 aromatic carbocycles. The van der Waals surface area contributed by atoms with Crippen molar-refractivity contribution < 1.29 is 0 Å². The van der Waals surface area contributed by atoms with Gasteiger partial charge in [0.1, 0.15) is 0 Å². The standard InChI is InChI=1S/C17H20ClNS/c1-17(2)10-9-15(13-5-3-4-6-14(13)17)19-11-12-7-8-16(18)20-12/h3-8,15,19H,9-11H2,1-2H3. The first-order valence-corrected chi connectivity index (χ1v) is 8.33. The summed E-state index contributed by atoms with van der Waals surface area (Å²) >= 11 is 7.65. The minimum atomic E-state index is 0.293. The maximum atomic E-state index is 5.99. The third-order valence-corrected chi connectivity index (χ3v) is 5.51. The molecule has 1 heterocycles. The highest BCUT2D eigenvalue weighted by Crippen LogP contribution is 2.41. The molecule has 0 amide bonds. The summed E-state index contributed by atoms with van der Waals surface area (Å²) in [7, 11) is 0. The molecule has 0 radical (unpaired) electrons. The third kappa shape index (κ3) is 2.78. The quantitative estimate of drug-likeness (QED) is 0.811. The average Bonchev–Trinajstić information content (AvgIpc) is 2.84. The van der Waals surface area contributed by atoms with Crippen LogP contribution in [0.4, 0.5) is 0 Å². The second-order valence-electron chi connectivity index (χ2n) is 6.15. The molecule has 0 saturated heterocycles. The molecule has 1 N–H and O–H groups in total. The molecule has 1 aromatic heterocycles. The van der Waals surface area contributed by atoms with Gasteiger partial charge in [-0.15, -0.1) is 11.3 Å². The lowest BCUT2D eigenvalue weighted by Crippen LogP contribution is -2.32. The second-order valence-corrected chi connectivity index (χ2v) is 7.95. The Labute approximate surface area is 130 Å². The molecule has 2 aromatic rings. The number of fused-ring (bicyclic) bond motifs is 1. The monoisotopic (exact) mass is 305 g/mol. The van der Waals surface area contributed by atoms with Crippen LogP contribution in [-0.4, -0.2) is 0 Å². The van der Waals surface area contributed by atoms with E-state index in [0.29, 0.717) is 11.5 Å². The first-order chi connectivity index (χ1) is 9.56. The summed E-state index contributed by atoms with van der Waals surface area (Å²) < 4.78 is 0.868. The van der Waals surface area contributed by atoms with E-state index in [0.717, 1.165) is 10.9 Å². The Balaban J connectivity index is 1.78. The van der Waals surface area contributed by atoms with Gasteiger partial charge in [-0.2, -0.15) is 0 Å². The Morgan fingerprint density at radius 2 is 2.05 bits per heavy atom. The summed E-state index contributed by atoms with van der Waals surface area (Å²) in [6, 6.07) is 13.4. The number of hydrogen-bond acceptors (Lipinski definition) is 2. The van der Waals surface area contributed by atoms with E-state index in [1.807, 2.05) is 6.07 Å². The van der Waals surface area contributed by atoms with Crippen molar-refractivity contribution in [3.05, 3.63) is 56.7 Å². The van der Waals surface area contributed by atoms with Crippen LogP contribution >= 0.6 is 22.9 Å². The Morgan fingerprint density at radius 3 is 2.80 bits per heavy atom. The molecule has 1 atom stereocenters. The Hall–Kier alpha value is -0.830. The van der Waals surface area contributed by atoms with Crippen molar-refractivity contribution in [3.8, 4) is 0 Å². The molecule has 106 valence electrons. The summed E-state index contributed by atoms with van der Waals surface area (Å²) in [5.74, 6) is 0. The normalized spacial score (nSPS) is 20.6. The maximum Gasteiger partial charge on any atom is 0.0931 e. The van der Waals surface area contributed by atoms with Crippen molar-refractivity contribution >= 4 is 22.9 Å². The fraction of sp³-hybridized carbons (Fsp3) is 0.412. The molecule has 20 heavy (non-hydrogen) atoms. The number of hydrogen-bond donors (Lipinski definition) is 1. The summed E-state index contributed by atoms with van der Waals surface area (Å²) in [5, 5.41) is 3.70. The summed E-state index contributed by atoms with van der Waals surface area (Å²) in [4.78, 5) is 1.30. The highest BCUT2D eigenvalue weighted by atomic mass is 35.5. The molecule has 0 bridgehead atoms. The van der Waals surface area contributed by atoms with Gasteiger partial charge < -0.3 is 5.32 Å². The zero-order valence-electron chi connectivity index (χ0n) is 11.9. The van der Waals surface area contributed by atoms with Gasteiger partial charge in [-0.05, 0) is 41.5 Å². The van der Waals surface area contributed by atoms with E-state index >= 15 is 0 Å².